The first kappa shape index (κ1) is 12.5. The minimum atomic E-state index is -0.201. The first-order chi connectivity index (χ1) is 7.49. The van der Waals surface area contributed by atoms with Crippen molar-refractivity contribution in [1.82, 2.24) is 0 Å². The summed E-state index contributed by atoms with van der Waals surface area (Å²) in [6.07, 6.45) is 4.00. The lowest BCUT2D eigenvalue weighted by molar-refractivity contribution is 0.626. The molecule has 1 aromatic carbocycles. The van der Waals surface area contributed by atoms with Gasteiger partial charge in [0.15, 0.2) is 0 Å². The van der Waals surface area contributed by atoms with E-state index in [1.165, 1.54) is 12.1 Å². The Bertz CT molecular complexity index is 407. The molecule has 1 unspecified atom stereocenters. The Balaban J connectivity index is 2.69. The van der Waals surface area contributed by atoms with E-state index >= 15 is 0 Å². The Labute approximate surface area is 96.7 Å². The molecule has 0 amide bonds. The van der Waals surface area contributed by atoms with Gasteiger partial charge in [-0.2, -0.15) is 0 Å². The number of nitrogens with one attached hydrogen (secondary N) is 1. The molecule has 1 aromatic rings. The SMILES string of the molecule is C=C(C)/C=C\C(C)Nc1ccc(F)cc1C. The summed E-state index contributed by atoms with van der Waals surface area (Å²) in [5, 5.41) is 3.30. The molecule has 0 radical (unpaired) electrons. The molecular formula is C14H18FN. The Morgan fingerprint density at radius 2 is 2.19 bits per heavy atom. The van der Waals surface area contributed by atoms with Gasteiger partial charge < -0.3 is 5.32 Å². The topological polar surface area (TPSA) is 12.0 Å². The van der Waals surface area contributed by atoms with Gasteiger partial charge in [-0.3, -0.25) is 0 Å². The quantitative estimate of drug-likeness (QED) is 0.753. The minimum Gasteiger partial charge on any atom is -0.379 e. The molecule has 86 valence electrons. The molecule has 1 N–H and O–H groups in total. The number of aryl methyl sites for hydroxylation is 1. The molecule has 16 heavy (non-hydrogen) atoms. The number of hydrogen-bond acceptors (Lipinski definition) is 1. The molecule has 0 aromatic heterocycles. The highest BCUT2D eigenvalue weighted by Crippen LogP contribution is 2.16. The van der Waals surface area contributed by atoms with Crippen LogP contribution in [0.4, 0.5) is 10.1 Å². The average Bonchev–Trinajstić information content (AvgIpc) is 2.19. The van der Waals surface area contributed by atoms with Crippen molar-refractivity contribution in [3.63, 3.8) is 0 Å². The summed E-state index contributed by atoms with van der Waals surface area (Å²) >= 11 is 0. The third-order valence-corrected chi connectivity index (χ3v) is 2.24. The van der Waals surface area contributed by atoms with Gasteiger partial charge in [0, 0.05) is 11.7 Å². The summed E-state index contributed by atoms with van der Waals surface area (Å²) in [7, 11) is 0. The fourth-order valence-corrected chi connectivity index (χ4v) is 1.39. The third-order valence-electron chi connectivity index (χ3n) is 2.24. The van der Waals surface area contributed by atoms with Crippen LogP contribution in [-0.2, 0) is 0 Å². The number of anilines is 1. The zero-order valence-corrected chi connectivity index (χ0v) is 10.0. The van der Waals surface area contributed by atoms with E-state index in [9.17, 15) is 4.39 Å². The van der Waals surface area contributed by atoms with Crippen LogP contribution in [0.5, 0.6) is 0 Å². The van der Waals surface area contributed by atoms with Gasteiger partial charge in [0.1, 0.15) is 5.82 Å². The first-order valence-corrected chi connectivity index (χ1v) is 5.35. The predicted octanol–water partition coefficient (Wildman–Crippen LogP) is 4.07. The van der Waals surface area contributed by atoms with E-state index in [0.29, 0.717) is 0 Å². The van der Waals surface area contributed by atoms with Gasteiger partial charge >= 0.3 is 0 Å². The Morgan fingerprint density at radius 1 is 1.50 bits per heavy atom. The summed E-state index contributed by atoms with van der Waals surface area (Å²) in [5.41, 5.74) is 2.89. The van der Waals surface area contributed by atoms with Crippen LogP contribution >= 0.6 is 0 Å². The third kappa shape index (κ3) is 3.89. The molecule has 0 aliphatic carbocycles. The Morgan fingerprint density at radius 3 is 2.75 bits per heavy atom. The van der Waals surface area contributed by atoms with E-state index in [1.54, 1.807) is 6.07 Å². The van der Waals surface area contributed by atoms with Crippen LogP contribution in [0.3, 0.4) is 0 Å². The van der Waals surface area contributed by atoms with Crippen molar-refractivity contribution in [2.75, 3.05) is 5.32 Å². The van der Waals surface area contributed by atoms with Gasteiger partial charge in [0.2, 0.25) is 0 Å². The van der Waals surface area contributed by atoms with E-state index in [-0.39, 0.29) is 11.9 Å². The fourth-order valence-electron chi connectivity index (χ4n) is 1.39. The van der Waals surface area contributed by atoms with Crippen molar-refractivity contribution in [3.05, 3.63) is 53.9 Å². The van der Waals surface area contributed by atoms with Crippen LogP contribution in [0.2, 0.25) is 0 Å². The summed E-state index contributed by atoms with van der Waals surface area (Å²) in [6, 6.07) is 4.94. The van der Waals surface area contributed by atoms with Crippen LogP contribution < -0.4 is 5.32 Å². The van der Waals surface area contributed by atoms with Crippen LogP contribution in [0.15, 0.2) is 42.5 Å². The molecule has 1 nitrogen and oxygen atoms in total. The van der Waals surface area contributed by atoms with Gasteiger partial charge in [-0.15, -0.1) is 0 Å². The van der Waals surface area contributed by atoms with Gasteiger partial charge in [-0.25, -0.2) is 4.39 Å². The van der Waals surface area contributed by atoms with Crippen molar-refractivity contribution in [2.45, 2.75) is 26.8 Å². The van der Waals surface area contributed by atoms with E-state index in [1.807, 2.05) is 32.9 Å². The molecular weight excluding hydrogens is 201 g/mol. The highest BCUT2D eigenvalue weighted by atomic mass is 19.1. The smallest absolute Gasteiger partial charge is 0.123 e. The number of hydrogen-bond donors (Lipinski definition) is 1. The lowest BCUT2D eigenvalue weighted by Gasteiger charge is -2.13. The Kier molecular flexibility index (Phi) is 4.29. The maximum Gasteiger partial charge on any atom is 0.123 e. The van der Waals surface area contributed by atoms with E-state index < -0.39 is 0 Å². The van der Waals surface area contributed by atoms with Crippen molar-refractivity contribution < 1.29 is 4.39 Å². The van der Waals surface area contributed by atoms with Crippen LogP contribution in [0.25, 0.3) is 0 Å². The highest BCUT2D eigenvalue weighted by Gasteiger charge is 2.01. The first-order valence-electron chi connectivity index (χ1n) is 5.35. The van der Waals surface area contributed by atoms with Gasteiger partial charge in [0.05, 0.1) is 0 Å². The van der Waals surface area contributed by atoms with E-state index in [4.69, 9.17) is 0 Å². The predicted molar refractivity (Wildman–Crippen MR) is 68.2 cm³/mol. The number of allylic oxidation sites excluding steroid dienone is 2. The lowest BCUT2D eigenvalue weighted by Crippen LogP contribution is -2.12. The molecule has 1 atom stereocenters. The number of halogens is 1. The minimum absolute atomic E-state index is 0.195. The monoisotopic (exact) mass is 219 g/mol. The standard InChI is InChI=1S/C14H18FN/c1-10(2)5-6-12(4)16-14-8-7-13(15)9-11(14)3/h5-9,12,16H,1H2,2-4H3/b6-5-. The van der Waals surface area contributed by atoms with E-state index in [2.05, 4.69) is 11.9 Å². The summed E-state index contributed by atoms with van der Waals surface area (Å²) in [6.45, 7) is 9.68. The normalized spacial score (nSPS) is 12.8. The van der Waals surface area contributed by atoms with Crippen LogP contribution in [-0.4, -0.2) is 6.04 Å². The molecule has 1 rings (SSSR count). The van der Waals surface area contributed by atoms with Crippen molar-refractivity contribution in [1.29, 1.82) is 0 Å². The maximum atomic E-state index is 12.9. The molecule has 0 saturated carbocycles. The molecule has 0 fully saturated rings. The molecule has 0 saturated heterocycles. The zero-order valence-electron chi connectivity index (χ0n) is 10.0. The highest BCUT2D eigenvalue weighted by molar-refractivity contribution is 5.51. The molecule has 0 spiro atoms. The van der Waals surface area contributed by atoms with Crippen LogP contribution in [0, 0.1) is 12.7 Å². The number of benzene rings is 1. The van der Waals surface area contributed by atoms with Crippen molar-refractivity contribution in [2.24, 2.45) is 0 Å². The molecule has 0 heterocycles. The molecule has 0 bridgehead atoms. The van der Waals surface area contributed by atoms with Crippen molar-refractivity contribution >= 4 is 5.69 Å². The Hall–Kier alpha value is -1.57. The fraction of sp³-hybridized carbons (Fsp3) is 0.286. The van der Waals surface area contributed by atoms with Crippen LogP contribution in [0.1, 0.15) is 19.4 Å². The van der Waals surface area contributed by atoms with Gasteiger partial charge in [-0.05, 0) is 44.5 Å². The second-order valence-corrected chi connectivity index (χ2v) is 4.10. The molecule has 0 aliphatic heterocycles. The molecule has 0 aliphatic rings. The lowest BCUT2D eigenvalue weighted by atomic mass is 10.1. The summed E-state index contributed by atoms with van der Waals surface area (Å²) < 4.78 is 12.9. The summed E-state index contributed by atoms with van der Waals surface area (Å²) in [5.74, 6) is -0.201. The average molecular weight is 219 g/mol. The van der Waals surface area contributed by atoms with E-state index in [0.717, 1.165) is 16.8 Å². The molecule has 2 heteroatoms. The second kappa shape index (κ2) is 5.50. The largest absolute Gasteiger partial charge is 0.379 e. The number of rotatable bonds is 4. The van der Waals surface area contributed by atoms with Crippen molar-refractivity contribution in [3.8, 4) is 0 Å². The van der Waals surface area contributed by atoms with Gasteiger partial charge in [-0.1, -0.05) is 24.3 Å². The summed E-state index contributed by atoms with van der Waals surface area (Å²) in [4.78, 5) is 0. The van der Waals surface area contributed by atoms with Gasteiger partial charge in [0.25, 0.3) is 0 Å². The maximum absolute atomic E-state index is 12.9. The second-order valence-electron chi connectivity index (χ2n) is 4.10. The zero-order chi connectivity index (χ0) is 12.1.